The fourth-order valence-corrected chi connectivity index (χ4v) is 3.96. The molecule has 3 aromatic rings. The van der Waals surface area contributed by atoms with Crippen LogP contribution in [-0.2, 0) is 5.75 Å². The monoisotopic (exact) mass is 470 g/mol. The van der Waals surface area contributed by atoms with Crippen LogP contribution in [0.4, 0.5) is 0 Å². The average Bonchev–Trinajstić information content (AvgIpc) is 2.95. The Kier molecular flexibility index (Phi) is 6.24. The molecule has 0 amide bonds. The summed E-state index contributed by atoms with van der Waals surface area (Å²) in [5.41, 5.74) is 1.53. The van der Waals surface area contributed by atoms with Crippen molar-refractivity contribution in [3.63, 3.8) is 0 Å². The number of phenols is 1. The number of benzene rings is 2. The van der Waals surface area contributed by atoms with Crippen molar-refractivity contribution in [2.75, 3.05) is 0 Å². The summed E-state index contributed by atoms with van der Waals surface area (Å²) in [6.07, 6.45) is 1.57. The Morgan fingerprint density at radius 2 is 2.04 bits per heavy atom. The lowest BCUT2D eigenvalue weighted by atomic mass is 10.2. The normalized spacial score (nSPS) is 11.4. The first-order chi connectivity index (χ1) is 12.4. The first-order valence-corrected chi connectivity index (χ1v) is 9.99. The van der Waals surface area contributed by atoms with Gasteiger partial charge in [0.25, 0.3) is 0 Å². The summed E-state index contributed by atoms with van der Waals surface area (Å²) in [4.78, 5) is 0. The highest BCUT2D eigenvalue weighted by molar-refractivity contribution is 9.10. The molecule has 0 spiro atoms. The predicted molar refractivity (Wildman–Crippen MR) is 110 cm³/mol. The van der Waals surface area contributed by atoms with Gasteiger partial charge in [0.15, 0.2) is 5.82 Å². The van der Waals surface area contributed by atoms with Gasteiger partial charge in [-0.25, -0.2) is 0 Å². The van der Waals surface area contributed by atoms with Crippen molar-refractivity contribution in [3.8, 4) is 5.75 Å². The van der Waals surface area contributed by atoms with Gasteiger partial charge in [0.2, 0.25) is 5.16 Å². The van der Waals surface area contributed by atoms with E-state index in [0.29, 0.717) is 32.3 Å². The van der Waals surface area contributed by atoms with Crippen LogP contribution < -0.4 is 0 Å². The molecule has 3 rings (SSSR count). The van der Waals surface area contributed by atoms with E-state index < -0.39 is 0 Å². The fourth-order valence-electron chi connectivity index (χ4n) is 2.09. The fraction of sp³-hybridized carbons (Fsp3) is 0.118. The summed E-state index contributed by atoms with van der Waals surface area (Å²) in [6, 6.07) is 10.5. The van der Waals surface area contributed by atoms with Crippen LogP contribution in [-0.4, -0.2) is 26.2 Å². The standard InChI is InChI=1S/C17H13BrCl2N4OS/c1-10-22-23-17(26-9-11-2-4-14(19)7-15(11)20)24(10)21-8-12-6-13(18)3-5-16(12)25/h2-8,25H,9H2,1H3/b21-8+. The Balaban J connectivity index is 1.80. The van der Waals surface area contributed by atoms with Crippen LogP contribution in [0.25, 0.3) is 0 Å². The molecule has 0 aliphatic carbocycles. The molecule has 1 N–H and O–H groups in total. The van der Waals surface area contributed by atoms with E-state index in [1.165, 1.54) is 11.8 Å². The van der Waals surface area contributed by atoms with Gasteiger partial charge in [-0.1, -0.05) is 57.0 Å². The van der Waals surface area contributed by atoms with E-state index in [4.69, 9.17) is 23.2 Å². The molecule has 134 valence electrons. The maximum Gasteiger partial charge on any atom is 0.212 e. The van der Waals surface area contributed by atoms with Gasteiger partial charge >= 0.3 is 0 Å². The number of halogens is 3. The maximum atomic E-state index is 9.92. The minimum atomic E-state index is 0.143. The number of thioether (sulfide) groups is 1. The minimum absolute atomic E-state index is 0.143. The molecule has 0 radical (unpaired) electrons. The third-order valence-corrected chi connectivity index (χ3v) is 5.49. The highest BCUT2D eigenvalue weighted by Gasteiger charge is 2.11. The number of nitrogens with zero attached hydrogens (tertiary/aromatic N) is 4. The van der Waals surface area contributed by atoms with Gasteiger partial charge < -0.3 is 5.11 Å². The van der Waals surface area contributed by atoms with E-state index in [0.717, 1.165) is 10.0 Å². The second kappa shape index (κ2) is 8.43. The van der Waals surface area contributed by atoms with Gasteiger partial charge in [0.1, 0.15) is 5.75 Å². The smallest absolute Gasteiger partial charge is 0.212 e. The van der Waals surface area contributed by atoms with Gasteiger partial charge in [-0.15, -0.1) is 10.2 Å². The highest BCUT2D eigenvalue weighted by Crippen LogP contribution is 2.28. The van der Waals surface area contributed by atoms with Crippen molar-refractivity contribution in [2.45, 2.75) is 17.8 Å². The second-order valence-corrected chi connectivity index (χ2v) is 8.02. The number of hydrogen-bond donors (Lipinski definition) is 1. The summed E-state index contributed by atoms with van der Waals surface area (Å²) >= 11 is 17.0. The Labute approximate surface area is 173 Å². The molecule has 26 heavy (non-hydrogen) atoms. The summed E-state index contributed by atoms with van der Waals surface area (Å²) in [5, 5.41) is 24.4. The molecule has 5 nitrogen and oxygen atoms in total. The summed E-state index contributed by atoms with van der Waals surface area (Å²) in [7, 11) is 0. The van der Waals surface area contributed by atoms with Crippen molar-refractivity contribution >= 4 is 57.1 Å². The van der Waals surface area contributed by atoms with Gasteiger partial charge in [-0.05, 0) is 42.8 Å². The summed E-state index contributed by atoms with van der Waals surface area (Å²) in [5.74, 6) is 1.39. The van der Waals surface area contributed by atoms with Crippen molar-refractivity contribution in [3.05, 3.63) is 67.9 Å². The molecule has 2 aromatic carbocycles. The minimum Gasteiger partial charge on any atom is -0.507 e. The van der Waals surface area contributed by atoms with Crippen LogP contribution in [0, 0.1) is 6.92 Å². The highest BCUT2D eigenvalue weighted by atomic mass is 79.9. The number of phenolic OH excluding ortho intramolecular Hbond substituents is 1. The molecule has 0 saturated heterocycles. The number of aryl methyl sites for hydroxylation is 1. The maximum absolute atomic E-state index is 9.92. The van der Waals surface area contributed by atoms with Crippen LogP contribution in [0.1, 0.15) is 17.0 Å². The van der Waals surface area contributed by atoms with Crippen LogP contribution in [0.15, 0.2) is 51.1 Å². The molecular formula is C17H13BrCl2N4OS. The number of aromatic nitrogens is 3. The van der Waals surface area contributed by atoms with E-state index >= 15 is 0 Å². The lowest BCUT2D eigenvalue weighted by Crippen LogP contribution is -1.97. The van der Waals surface area contributed by atoms with Crippen molar-refractivity contribution in [1.82, 2.24) is 14.9 Å². The number of hydrogen-bond acceptors (Lipinski definition) is 5. The van der Waals surface area contributed by atoms with Crippen LogP contribution >= 0.6 is 50.9 Å². The lowest BCUT2D eigenvalue weighted by Gasteiger charge is -2.05. The Bertz CT molecular complexity index is 977. The van der Waals surface area contributed by atoms with Gasteiger partial charge in [-0.3, -0.25) is 0 Å². The molecule has 1 heterocycles. The third-order valence-electron chi connectivity index (χ3n) is 3.44. The summed E-state index contributed by atoms with van der Waals surface area (Å²) < 4.78 is 2.47. The van der Waals surface area contributed by atoms with E-state index in [1.54, 1.807) is 41.2 Å². The van der Waals surface area contributed by atoms with Crippen molar-refractivity contribution in [2.24, 2.45) is 5.10 Å². The summed E-state index contributed by atoms with van der Waals surface area (Å²) in [6.45, 7) is 1.81. The molecule has 0 bridgehead atoms. The second-order valence-electron chi connectivity index (χ2n) is 5.31. The molecule has 0 unspecified atom stereocenters. The molecule has 0 aliphatic heterocycles. The molecule has 0 atom stereocenters. The number of rotatable bonds is 5. The van der Waals surface area contributed by atoms with Gasteiger partial charge in [-0.2, -0.15) is 9.78 Å². The lowest BCUT2D eigenvalue weighted by molar-refractivity contribution is 0.474. The van der Waals surface area contributed by atoms with E-state index in [9.17, 15) is 5.11 Å². The zero-order valence-corrected chi connectivity index (χ0v) is 17.4. The van der Waals surface area contributed by atoms with E-state index in [2.05, 4.69) is 31.2 Å². The van der Waals surface area contributed by atoms with Gasteiger partial charge in [0, 0.05) is 25.8 Å². The predicted octanol–water partition coefficient (Wildman–Crippen LogP) is 5.54. The first kappa shape index (κ1) is 19.2. The van der Waals surface area contributed by atoms with Crippen LogP contribution in [0.5, 0.6) is 5.75 Å². The Morgan fingerprint density at radius 3 is 2.81 bits per heavy atom. The molecule has 0 saturated carbocycles. The largest absolute Gasteiger partial charge is 0.507 e. The Morgan fingerprint density at radius 1 is 1.23 bits per heavy atom. The molecular weight excluding hydrogens is 459 g/mol. The molecule has 0 aliphatic rings. The van der Waals surface area contributed by atoms with Crippen molar-refractivity contribution < 1.29 is 5.11 Å². The first-order valence-electron chi connectivity index (χ1n) is 7.45. The quantitative estimate of drug-likeness (QED) is 0.392. The van der Waals surface area contributed by atoms with Crippen molar-refractivity contribution in [1.29, 1.82) is 0 Å². The Hall–Kier alpha value is -1.54. The van der Waals surface area contributed by atoms with E-state index in [-0.39, 0.29) is 5.75 Å². The van der Waals surface area contributed by atoms with E-state index in [1.807, 2.05) is 13.0 Å². The molecule has 9 heteroatoms. The van der Waals surface area contributed by atoms with Gasteiger partial charge in [0.05, 0.1) is 6.21 Å². The topological polar surface area (TPSA) is 63.3 Å². The molecule has 0 fully saturated rings. The number of aromatic hydroxyl groups is 1. The zero-order valence-electron chi connectivity index (χ0n) is 13.5. The van der Waals surface area contributed by atoms with Crippen LogP contribution in [0.3, 0.4) is 0 Å². The molecule has 1 aromatic heterocycles. The average molecular weight is 472 g/mol. The zero-order chi connectivity index (χ0) is 18.7. The third kappa shape index (κ3) is 4.59. The SMILES string of the molecule is Cc1nnc(SCc2ccc(Cl)cc2Cl)n1/N=C/c1cc(Br)ccc1O. The van der Waals surface area contributed by atoms with Crippen LogP contribution in [0.2, 0.25) is 10.0 Å².